The predicted molar refractivity (Wildman–Crippen MR) is 67.1 cm³/mol. The zero-order chi connectivity index (χ0) is 12.8. The molecule has 1 aromatic rings. The normalized spacial score (nSPS) is 32.4. The molecule has 2 aliphatic heterocycles. The van der Waals surface area contributed by atoms with Crippen molar-refractivity contribution in [3.63, 3.8) is 0 Å². The molecular weight excluding hydrogens is 226 g/mol. The number of hydrogen-bond acceptors (Lipinski definition) is 3. The van der Waals surface area contributed by atoms with Gasteiger partial charge in [0.2, 0.25) is 0 Å². The van der Waals surface area contributed by atoms with Crippen molar-refractivity contribution < 1.29 is 9.47 Å². The first kappa shape index (κ1) is 11.7. The van der Waals surface area contributed by atoms with Crippen LogP contribution in [0.3, 0.4) is 0 Å². The molecule has 1 spiro atoms. The quantitative estimate of drug-likeness (QED) is 0.749. The summed E-state index contributed by atoms with van der Waals surface area (Å²) in [7, 11) is 0. The Balaban J connectivity index is 1.76. The Labute approximate surface area is 107 Å². The van der Waals surface area contributed by atoms with E-state index in [-0.39, 0.29) is 11.2 Å². The molecule has 94 valence electrons. The fraction of sp³-hybridized carbons (Fsp3) is 0.533. The van der Waals surface area contributed by atoms with E-state index in [9.17, 15) is 0 Å². The van der Waals surface area contributed by atoms with Gasteiger partial charge in [0.25, 0.3) is 0 Å². The third-order valence-electron chi connectivity index (χ3n) is 4.34. The van der Waals surface area contributed by atoms with Crippen LogP contribution in [0.25, 0.3) is 0 Å². The Bertz CT molecular complexity index is 494. The van der Waals surface area contributed by atoms with E-state index in [1.54, 1.807) is 0 Å². The Morgan fingerprint density at radius 3 is 2.50 bits per heavy atom. The smallest absolute Gasteiger partial charge is 0.125 e. The Morgan fingerprint density at radius 2 is 1.94 bits per heavy atom. The van der Waals surface area contributed by atoms with Crippen molar-refractivity contribution in [1.82, 2.24) is 0 Å². The van der Waals surface area contributed by atoms with Crippen LogP contribution in [0.2, 0.25) is 0 Å². The fourth-order valence-corrected chi connectivity index (χ4v) is 2.94. The molecule has 0 saturated carbocycles. The summed E-state index contributed by atoms with van der Waals surface area (Å²) in [5, 5.41) is 8.78. The summed E-state index contributed by atoms with van der Waals surface area (Å²) in [5.74, 6) is 0.417. The number of ether oxygens (including phenoxy) is 2. The van der Waals surface area contributed by atoms with Crippen molar-refractivity contribution in [2.75, 3.05) is 13.2 Å². The van der Waals surface area contributed by atoms with Gasteiger partial charge in [-0.1, -0.05) is 12.1 Å². The molecule has 18 heavy (non-hydrogen) atoms. The van der Waals surface area contributed by atoms with E-state index in [1.165, 1.54) is 5.56 Å². The highest BCUT2D eigenvalue weighted by molar-refractivity contribution is 5.32. The zero-order valence-corrected chi connectivity index (χ0v) is 10.8. The van der Waals surface area contributed by atoms with Gasteiger partial charge in [-0.25, -0.2) is 0 Å². The molecule has 2 aliphatic rings. The molecule has 3 rings (SSSR count). The van der Waals surface area contributed by atoms with Crippen molar-refractivity contribution in [1.29, 1.82) is 5.26 Å². The van der Waals surface area contributed by atoms with E-state index in [0.29, 0.717) is 11.5 Å². The minimum absolute atomic E-state index is 0.0824. The summed E-state index contributed by atoms with van der Waals surface area (Å²) >= 11 is 0. The van der Waals surface area contributed by atoms with Crippen LogP contribution in [0, 0.1) is 17.2 Å². The number of benzene rings is 1. The second-order valence-electron chi connectivity index (χ2n) is 5.71. The fourth-order valence-electron chi connectivity index (χ4n) is 2.94. The summed E-state index contributed by atoms with van der Waals surface area (Å²) in [6, 6.07) is 9.94. The second-order valence-corrected chi connectivity index (χ2v) is 5.71. The first-order valence-electron chi connectivity index (χ1n) is 6.34. The molecule has 0 radical (unpaired) electrons. The summed E-state index contributed by atoms with van der Waals surface area (Å²) in [5.41, 5.74) is 1.69. The lowest BCUT2D eigenvalue weighted by Gasteiger charge is -2.25. The largest absolute Gasteiger partial charge is 0.372 e. The van der Waals surface area contributed by atoms with Gasteiger partial charge in [0.1, 0.15) is 5.60 Å². The molecule has 0 aliphatic carbocycles. The Kier molecular flexibility index (Phi) is 2.48. The molecule has 2 fully saturated rings. The van der Waals surface area contributed by atoms with E-state index in [2.05, 4.69) is 19.9 Å². The summed E-state index contributed by atoms with van der Waals surface area (Å²) in [6.07, 6.45) is 0.954. The lowest BCUT2D eigenvalue weighted by atomic mass is 9.80. The number of hydrogen-bond donors (Lipinski definition) is 0. The molecule has 0 aromatic heterocycles. The number of nitriles is 1. The molecule has 3 nitrogen and oxygen atoms in total. The van der Waals surface area contributed by atoms with Gasteiger partial charge in [-0.05, 0) is 38.0 Å². The lowest BCUT2D eigenvalue weighted by Crippen LogP contribution is -2.39. The van der Waals surface area contributed by atoms with Crippen LogP contribution in [-0.4, -0.2) is 24.4 Å². The lowest BCUT2D eigenvalue weighted by molar-refractivity contribution is -0.00158. The average Bonchev–Trinajstić information content (AvgIpc) is 3.13. The Morgan fingerprint density at radius 1 is 1.28 bits per heavy atom. The molecule has 2 unspecified atom stereocenters. The van der Waals surface area contributed by atoms with Crippen LogP contribution in [-0.2, 0) is 15.9 Å². The van der Waals surface area contributed by atoms with Crippen molar-refractivity contribution in [2.45, 2.75) is 31.5 Å². The molecule has 0 bridgehead atoms. The number of epoxide rings is 1. The summed E-state index contributed by atoms with van der Waals surface area (Å²) in [6.45, 7) is 5.78. The Hall–Kier alpha value is -1.37. The van der Waals surface area contributed by atoms with Crippen LogP contribution in [0.5, 0.6) is 0 Å². The molecule has 2 heterocycles. The van der Waals surface area contributed by atoms with Gasteiger partial charge in [0.05, 0.1) is 30.4 Å². The SMILES string of the molecule is CC1(C)OCC(Cc2ccc(C#N)cc2)C12CO2. The molecule has 0 amide bonds. The van der Waals surface area contributed by atoms with Crippen molar-refractivity contribution in [2.24, 2.45) is 5.92 Å². The summed E-state index contributed by atoms with van der Waals surface area (Å²) in [4.78, 5) is 0. The summed E-state index contributed by atoms with van der Waals surface area (Å²) < 4.78 is 11.6. The first-order chi connectivity index (χ1) is 8.57. The van der Waals surface area contributed by atoms with E-state index in [0.717, 1.165) is 19.6 Å². The standard InChI is InChI=1S/C15H17NO2/c1-14(2)15(10-18-15)13(9-17-14)7-11-3-5-12(8-16)6-4-11/h3-6,13H,7,9-10H2,1-2H3. The van der Waals surface area contributed by atoms with Crippen LogP contribution in [0.4, 0.5) is 0 Å². The monoisotopic (exact) mass is 243 g/mol. The topological polar surface area (TPSA) is 45.5 Å². The molecular formula is C15H17NO2. The number of rotatable bonds is 2. The van der Waals surface area contributed by atoms with Gasteiger partial charge in [0.15, 0.2) is 0 Å². The highest BCUT2D eigenvalue weighted by atomic mass is 16.6. The maximum atomic E-state index is 8.78. The minimum atomic E-state index is -0.176. The molecule has 3 heteroatoms. The van der Waals surface area contributed by atoms with E-state index in [1.807, 2.05) is 24.3 Å². The maximum absolute atomic E-state index is 8.78. The van der Waals surface area contributed by atoms with Gasteiger partial charge < -0.3 is 9.47 Å². The van der Waals surface area contributed by atoms with Crippen LogP contribution >= 0.6 is 0 Å². The number of nitrogens with zero attached hydrogens (tertiary/aromatic N) is 1. The third kappa shape index (κ3) is 1.65. The molecule has 1 aromatic carbocycles. The van der Waals surface area contributed by atoms with Crippen molar-refractivity contribution >= 4 is 0 Å². The second kappa shape index (κ2) is 3.81. The molecule has 0 N–H and O–H groups in total. The van der Waals surface area contributed by atoms with Gasteiger partial charge in [0, 0.05) is 5.92 Å². The van der Waals surface area contributed by atoms with Crippen LogP contribution in [0.15, 0.2) is 24.3 Å². The third-order valence-corrected chi connectivity index (χ3v) is 4.34. The van der Waals surface area contributed by atoms with Crippen molar-refractivity contribution in [3.8, 4) is 6.07 Å². The minimum Gasteiger partial charge on any atom is -0.372 e. The average molecular weight is 243 g/mol. The van der Waals surface area contributed by atoms with Crippen molar-refractivity contribution in [3.05, 3.63) is 35.4 Å². The van der Waals surface area contributed by atoms with Gasteiger partial charge in [-0.15, -0.1) is 0 Å². The van der Waals surface area contributed by atoms with E-state index in [4.69, 9.17) is 14.7 Å². The van der Waals surface area contributed by atoms with Crippen LogP contribution < -0.4 is 0 Å². The van der Waals surface area contributed by atoms with Gasteiger partial charge in [-0.2, -0.15) is 5.26 Å². The maximum Gasteiger partial charge on any atom is 0.125 e. The molecule has 2 atom stereocenters. The van der Waals surface area contributed by atoms with E-state index < -0.39 is 0 Å². The van der Waals surface area contributed by atoms with Gasteiger partial charge in [-0.3, -0.25) is 0 Å². The molecule has 2 saturated heterocycles. The zero-order valence-electron chi connectivity index (χ0n) is 10.8. The highest BCUT2D eigenvalue weighted by Crippen LogP contribution is 2.52. The first-order valence-corrected chi connectivity index (χ1v) is 6.34. The van der Waals surface area contributed by atoms with Gasteiger partial charge >= 0.3 is 0 Å². The van der Waals surface area contributed by atoms with Crippen LogP contribution in [0.1, 0.15) is 25.0 Å². The van der Waals surface area contributed by atoms with E-state index >= 15 is 0 Å². The predicted octanol–water partition coefficient (Wildman–Crippen LogP) is 2.29. The highest BCUT2D eigenvalue weighted by Gasteiger charge is 2.66.